The van der Waals surface area contributed by atoms with Gasteiger partial charge in [0.25, 0.3) is 0 Å². The Morgan fingerprint density at radius 3 is 2.46 bits per heavy atom. The third-order valence-corrected chi connectivity index (χ3v) is 6.74. The fraction of sp³-hybridized carbons (Fsp3) is 0.458. The molecule has 2 aliphatic rings. The van der Waals surface area contributed by atoms with Crippen molar-refractivity contribution in [2.45, 2.75) is 44.2 Å². The lowest BCUT2D eigenvalue weighted by atomic mass is 9.99. The molecule has 4 heteroatoms. The molecule has 5 rings (SSSR count). The molecule has 2 aliphatic heterocycles. The van der Waals surface area contributed by atoms with Crippen LogP contribution in [0.4, 0.5) is 0 Å². The molecule has 2 aromatic carbocycles. The van der Waals surface area contributed by atoms with Gasteiger partial charge in [-0.15, -0.1) is 0 Å². The molecule has 1 N–H and O–H groups in total. The molecule has 28 heavy (non-hydrogen) atoms. The van der Waals surface area contributed by atoms with Gasteiger partial charge in [-0.05, 0) is 50.4 Å². The first-order valence-electron chi connectivity index (χ1n) is 10.8. The molecule has 4 nitrogen and oxygen atoms in total. The average molecular weight is 375 g/mol. The number of nitrogens with one attached hydrogen (secondary N) is 1. The van der Waals surface area contributed by atoms with Gasteiger partial charge in [0, 0.05) is 37.6 Å². The molecule has 0 bridgehead atoms. The van der Waals surface area contributed by atoms with Gasteiger partial charge >= 0.3 is 0 Å². The zero-order valence-electron chi connectivity index (χ0n) is 16.7. The van der Waals surface area contributed by atoms with Crippen LogP contribution in [0.5, 0.6) is 0 Å². The van der Waals surface area contributed by atoms with Crippen LogP contribution >= 0.6 is 0 Å². The number of para-hydroxylation sites is 2. The second-order valence-corrected chi connectivity index (χ2v) is 8.37. The van der Waals surface area contributed by atoms with Crippen molar-refractivity contribution in [2.75, 3.05) is 26.2 Å². The summed E-state index contributed by atoms with van der Waals surface area (Å²) in [4.78, 5) is 7.72. The van der Waals surface area contributed by atoms with Crippen molar-refractivity contribution in [3.8, 4) is 0 Å². The standard InChI is InChI=1S/C24H30N4/c1-18(19-7-3-2-4-8-19)27-15-12-21(13-16-27)28-23-10-6-5-9-22(23)26-24(28)20-11-14-25-17-20/h2-10,18,20-21,25H,11-17H2,1H3. The Balaban J connectivity index is 1.39. The van der Waals surface area contributed by atoms with Gasteiger partial charge in [0.15, 0.2) is 0 Å². The number of fused-ring (bicyclic) bond motifs is 1. The Labute approximate surface area is 167 Å². The lowest BCUT2D eigenvalue weighted by Crippen LogP contribution is -2.37. The first-order valence-corrected chi connectivity index (χ1v) is 10.8. The van der Waals surface area contributed by atoms with Crippen molar-refractivity contribution in [3.05, 3.63) is 66.0 Å². The van der Waals surface area contributed by atoms with E-state index < -0.39 is 0 Å². The highest BCUT2D eigenvalue weighted by Crippen LogP contribution is 2.35. The van der Waals surface area contributed by atoms with Crippen LogP contribution < -0.4 is 5.32 Å². The van der Waals surface area contributed by atoms with Crippen molar-refractivity contribution >= 4 is 11.0 Å². The van der Waals surface area contributed by atoms with E-state index in [9.17, 15) is 0 Å². The molecule has 2 atom stereocenters. The van der Waals surface area contributed by atoms with E-state index in [0.29, 0.717) is 18.0 Å². The summed E-state index contributed by atoms with van der Waals surface area (Å²) in [5, 5.41) is 3.52. The molecule has 2 fully saturated rings. The second kappa shape index (κ2) is 7.69. The number of piperidine rings is 1. The number of nitrogens with zero attached hydrogens (tertiary/aromatic N) is 3. The van der Waals surface area contributed by atoms with Gasteiger partial charge in [0.05, 0.1) is 11.0 Å². The monoisotopic (exact) mass is 374 g/mol. The quantitative estimate of drug-likeness (QED) is 0.729. The molecule has 0 saturated carbocycles. The summed E-state index contributed by atoms with van der Waals surface area (Å²) in [6, 6.07) is 20.7. The van der Waals surface area contributed by atoms with Gasteiger partial charge in [-0.3, -0.25) is 4.90 Å². The molecule has 0 amide bonds. The van der Waals surface area contributed by atoms with Gasteiger partial charge in [-0.1, -0.05) is 42.5 Å². The van der Waals surface area contributed by atoms with E-state index in [2.05, 4.69) is 76.3 Å². The van der Waals surface area contributed by atoms with Crippen LogP contribution in [0.15, 0.2) is 54.6 Å². The zero-order chi connectivity index (χ0) is 18.9. The van der Waals surface area contributed by atoms with Crippen LogP contribution in [-0.2, 0) is 0 Å². The van der Waals surface area contributed by atoms with E-state index in [0.717, 1.165) is 31.7 Å². The molecular formula is C24H30N4. The van der Waals surface area contributed by atoms with E-state index in [1.54, 1.807) is 0 Å². The maximum Gasteiger partial charge on any atom is 0.114 e. The summed E-state index contributed by atoms with van der Waals surface area (Å²) in [7, 11) is 0. The van der Waals surface area contributed by atoms with Gasteiger partial charge in [-0.25, -0.2) is 4.98 Å². The molecular weight excluding hydrogens is 344 g/mol. The first-order chi connectivity index (χ1) is 13.8. The third-order valence-electron chi connectivity index (χ3n) is 6.74. The lowest BCUT2D eigenvalue weighted by molar-refractivity contribution is 0.143. The summed E-state index contributed by atoms with van der Waals surface area (Å²) in [5.41, 5.74) is 3.90. The van der Waals surface area contributed by atoms with Crippen molar-refractivity contribution in [1.82, 2.24) is 19.8 Å². The smallest absolute Gasteiger partial charge is 0.114 e. The number of imidazole rings is 1. The fourth-order valence-electron chi connectivity index (χ4n) is 5.08. The molecule has 0 radical (unpaired) electrons. The Bertz CT molecular complexity index is 918. The van der Waals surface area contributed by atoms with Gasteiger partial charge < -0.3 is 9.88 Å². The normalized spacial score (nSPS) is 22.7. The maximum absolute atomic E-state index is 5.08. The van der Waals surface area contributed by atoms with E-state index in [-0.39, 0.29) is 0 Å². The van der Waals surface area contributed by atoms with Crippen molar-refractivity contribution in [2.24, 2.45) is 0 Å². The summed E-state index contributed by atoms with van der Waals surface area (Å²) in [5.74, 6) is 1.86. The predicted molar refractivity (Wildman–Crippen MR) is 115 cm³/mol. The molecule has 1 aromatic heterocycles. The summed E-state index contributed by atoms with van der Waals surface area (Å²) in [6.45, 7) is 6.82. The molecule has 2 saturated heterocycles. The minimum atomic E-state index is 0.486. The SMILES string of the molecule is CC(c1ccccc1)N1CCC(n2c(C3CCNC3)nc3ccccc32)CC1. The van der Waals surface area contributed by atoms with Crippen LogP contribution in [0.1, 0.15) is 55.6 Å². The highest BCUT2D eigenvalue weighted by molar-refractivity contribution is 5.76. The van der Waals surface area contributed by atoms with Gasteiger partial charge in [0.2, 0.25) is 0 Å². The number of hydrogen-bond acceptors (Lipinski definition) is 3. The third kappa shape index (κ3) is 3.25. The van der Waals surface area contributed by atoms with Crippen LogP contribution in [0.2, 0.25) is 0 Å². The number of rotatable bonds is 4. The number of hydrogen-bond donors (Lipinski definition) is 1. The zero-order valence-corrected chi connectivity index (χ0v) is 16.7. The van der Waals surface area contributed by atoms with Crippen LogP contribution in [0, 0.1) is 0 Å². The molecule has 3 aromatic rings. The van der Waals surface area contributed by atoms with Crippen molar-refractivity contribution in [3.63, 3.8) is 0 Å². The molecule has 146 valence electrons. The van der Waals surface area contributed by atoms with Crippen LogP contribution in [-0.4, -0.2) is 40.6 Å². The largest absolute Gasteiger partial charge is 0.324 e. The van der Waals surface area contributed by atoms with E-state index >= 15 is 0 Å². The molecule has 2 unspecified atom stereocenters. The predicted octanol–water partition coefficient (Wildman–Crippen LogP) is 4.51. The van der Waals surface area contributed by atoms with Crippen LogP contribution in [0.25, 0.3) is 11.0 Å². The Morgan fingerprint density at radius 2 is 1.71 bits per heavy atom. The van der Waals surface area contributed by atoms with E-state index in [1.807, 2.05) is 0 Å². The maximum atomic E-state index is 5.08. The van der Waals surface area contributed by atoms with Crippen molar-refractivity contribution in [1.29, 1.82) is 0 Å². The van der Waals surface area contributed by atoms with Crippen molar-refractivity contribution < 1.29 is 0 Å². The molecule has 3 heterocycles. The summed E-state index contributed by atoms with van der Waals surface area (Å²) >= 11 is 0. The van der Waals surface area contributed by atoms with Crippen LogP contribution in [0.3, 0.4) is 0 Å². The first kappa shape index (κ1) is 17.9. The highest BCUT2D eigenvalue weighted by Gasteiger charge is 2.30. The fourth-order valence-corrected chi connectivity index (χ4v) is 5.08. The Kier molecular flexibility index (Phi) is 4.91. The number of likely N-dealkylation sites (tertiary alicyclic amines) is 1. The molecule has 0 aliphatic carbocycles. The second-order valence-electron chi connectivity index (χ2n) is 8.37. The number of benzene rings is 2. The molecule has 0 spiro atoms. The Hall–Kier alpha value is -2.17. The number of aromatic nitrogens is 2. The van der Waals surface area contributed by atoms with E-state index in [1.165, 1.54) is 36.2 Å². The summed E-state index contributed by atoms with van der Waals surface area (Å²) < 4.78 is 2.59. The Morgan fingerprint density at radius 1 is 0.964 bits per heavy atom. The topological polar surface area (TPSA) is 33.1 Å². The lowest BCUT2D eigenvalue weighted by Gasteiger charge is -2.37. The minimum absolute atomic E-state index is 0.486. The average Bonchev–Trinajstić information content (AvgIpc) is 3.42. The van der Waals surface area contributed by atoms with Gasteiger partial charge in [0.1, 0.15) is 5.82 Å². The van der Waals surface area contributed by atoms with E-state index in [4.69, 9.17) is 4.98 Å². The minimum Gasteiger partial charge on any atom is -0.324 e. The highest BCUT2D eigenvalue weighted by atomic mass is 15.2. The summed E-state index contributed by atoms with van der Waals surface area (Å²) in [6.07, 6.45) is 3.60. The van der Waals surface area contributed by atoms with Gasteiger partial charge in [-0.2, -0.15) is 0 Å².